The van der Waals surface area contributed by atoms with Gasteiger partial charge in [-0.25, -0.2) is 0 Å². The molecule has 0 bridgehead atoms. The van der Waals surface area contributed by atoms with E-state index in [0.29, 0.717) is 18.6 Å². The van der Waals surface area contributed by atoms with E-state index in [2.05, 4.69) is 31.0 Å². The molecule has 4 heteroatoms. The van der Waals surface area contributed by atoms with E-state index in [1.165, 1.54) is 0 Å². The first-order chi connectivity index (χ1) is 8.50. The number of carboxylic acid groups (broad SMARTS) is 1. The van der Waals surface area contributed by atoms with Crippen molar-refractivity contribution in [3.63, 3.8) is 0 Å². The van der Waals surface area contributed by atoms with Crippen molar-refractivity contribution in [3.05, 3.63) is 0 Å². The molecule has 4 nitrogen and oxygen atoms in total. The molecule has 0 spiro atoms. The Hall–Kier alpha value is -0.610. The third-order valence-corrected chi connectivity index (χ3v) is 4.40. The summed E-state index contributed by atoms with van der Waals surface area (Å²) in [4.78, 5) is 14.0. The first-order valence-electron chi connectivity index (χ1n) is 7.24. The maximum Gasteiger partial charge on any atom is 0.323 e. The Labute approximate surface area is 111 Å². The normalized spacial score (nSPS) is 29.7. The summed E-state index contributed by atoms with van der Waals surface area (Å²) in [5, 5.41) is 12.7. The molecule has 0 radical (unpaired) electrons. The predicted molar refractivity (Wildman–Crippen MR) is 73.8 cm³/mol. The summed E-state index contributed by atoms with van der Waals surface area (Å²) in [5.41, 5.74) is -0.694. The average Bonchev–Trinajstić information content (AvgIpc) is 2.76. The van der Waals surface area contributed by atoms with Crippen molar-refractivity contribution in [1.82, 2.24) is 10.2 Å². The van der Waals surface area contributed by atoms with Crippen LogP contribution in [0.3, 0.4) is 0 Å². The summed E-state index contributed by atoms with van der Waals surface area (Å²) in [5.74, 6) is -0.688. The van der Waals surface area contributed by atoms with Crippen LogP contribution in [0.5, 0.6) is 0 Å². The van der Waals surface area contributed by atoms with Crippen LogP contribution in [-0.4, -0.2) is 46.7 Å². The zero-order valence-corrected chi connectivity index (χ0v) is 12.2. The Balaban J connectivity index is 2.76. The molecule has 1 rings (SSSR count). The largest absolute Gasteiger partial charge is 0.480 e. The van der Waals surface area contributed by atoms with Crippen LogP contribution in [0, 0.1) is 0 Å². The smallest absolute Gasteiger partial charge is 0.323 e. The van der Waals surface area contributed by atoms with Crippen LogP contribution < -0.4 is 5.32 Å². The Morgan fingerprint density at radius 3 is 2.61 bits per heavy atom. The van der Waals surface area contributed by atoms with Gasteiger partial charge in [-0.2, -0.15) is 0 Å². The molecule has 1 saturated carbocycles. The molecular weight excluding hydrogens is 228 g/mol. The van der Waals surface area contributed by atoms with E-state index in [1.807, 2.05) is 6.92 Å². The highest BCUT2D eigenvalue weighted by Gasteiger charge is 2.46. The molecule has 0 aromatic rings. The van der Waals surface area contributed by atoms with Gasteiger partial charge in [0.1, 0.15) is 5.54 Å². The lowest BCUT2D eigenvalue weighted by molar-refractivity contribution is -0.144. The van der Waals surface area contributed by atoms with Gasteiger partial charge in [-0.15, -0.1) is 0 Å². The maximum atomic E-state index is 11.5. The minimum Gasteiger partial charge on any atom is -0.480 e. The van der Waals surface area contributed by atoms with Gasteiger partial charge in [0.2, 0.25) is 0 Å². The molecule has 1 fully saturated rings. The van der Waals surface area contributed by atoms with E-state index in [0.717, 1.165) is 32.2 Å². The van der Waals surface area contributed by atoms with Gasteiger partial charge in [-0.05, 0) is 45.7 Å². The fourth-order valence-electron chi connectivity index (χ4n) is 3.24. The van der Waals surface area contributed by atoms with Gasteiger partial charge in [0.15, 0.2) is 0 Å². The van der Waals surface area contributed by atoms with Crippen molar-refractivity contribution in [1.29, 1.82) is 0 Å². The number of aliphatic carboxylic acids is 1. The van der Waals surface area contributed by atoms with Crippen LogP contribution in [0.2, 0.25) is 0 Å². The fourth-order valence-corrected chi connectivity index (χ4v) is 3.24. The number of nitrogens with zero attached hydrogens (tertiary/aromatic N) is 1. The molecule has 0 amide bonds. The Kier molecular flexibility index (Phi) is 5.60. The van der Waals surface area contributed by atoms with E-state index in [9.17, 15) is 9.90 Å². The summed E-state index contributed by atoms with van der Waals surface area (Å²) in [6, 6.07) is 0.936. The lowest BCUT2D eigenvalue weighted by Crippen LogP contribution is -2.51. The quantitative estimate of drug-likeness (QED) is 0.732. The lowest BCUT2D eigenvalue weighted by atomic mass is 9.97. The topological polar surface area (TPSA) is 52.6 Å². The van der Waals surface area contributed by atoms with E-state index < -0.39 is 11.5 Å². The van der Waals surface area contributed by atoms with Gasteiger partial charge < -0.3 is 10.4 Å². The van der Waals surface area contributed by atoms with Crippen LogP contribution in [0.25, 0.3) is 0 Å². The van der Waals surface area contributed by atoms with Gasteiger partial charge in [-0.1, -0.05) is 20.8 Å². The van der Waals surface area contributed by atoms with Crippen molar-refractivity contribution >= 4 is 5.97 Å². The summed E-state index contributed by atoms with van der Waals surface area (Å²) in [6.45, 7) is 10.3. The van der Waals surface area contributed by atoms with Crippen molar-refractivity contribution in [2.45, 2.75) is 71.0 Å². The highest BCUT2D eigenvalue weighted by atomic mass is 16.4. The fraction of sp³-hybridized carbons (Fsp3) is 0.929. The van der Waals surface area contributed by atoms with Gasteiger partial charge in [-0.3, -0.25) is 9.69 Å². The van der Waals surface area contributed by atoms with Crippen molar-refractivity contribution in [3.8, 4) is 0 Å². The zero-order chi connectivity index (χ0) is 13.8. The molecule has 3 atom stereocenters. The number of nitrogens with one attached hydrogen (secondary N) is 1. The number of carboxylic acids is 1. The Morgan fingerprint density at radius 2 is 2.17 bits per heavy atom. The molecule has 3 unspecified atom stereocenters. The van der Waals surface area contributed by atoms with Crippen molar-refractivity contribution in [2.75, 3.05) is 13.1 Å². The standard InChI is InChI=1S/C14H28N2O2/c1-5-11(4)16(7-3)12-8-9-14(10-12,13(17)18)15-6-2/h11-12,15H,5-10H2,1-4H3,(H,17,18). The number of rotatable bonds is 7. The number of likely N-dealkylation sites (N-methyl/N-ethyl adjacent to an activating group) is 1. The first kappa shape index (κ1) is 15.4. The Bertz CT molecular complexity index is 283. The van der Waals surface area contributed by atoms with Crippen LogP contribution >= 0.6 is 0 Å². The number of carbonyl (C=O) groups is 1. The average molecular weight is 256 g/mol. The summed E-state index contributed by atoms with van der Waals surface area (Å²) in [6.07, 6.45) is 3.57. The third-order valence-electron chi connectivity index (χ3n) is 4.40. The van der Waals surface area contributed by atoms with E-state index >= 15 is 0 Å². The predicted octanol–water partition coefficient (Wildman–Crippen LogP) is 2.09. The number of hydrogen-bond acceptors (Lipinski definition) is 3. The molecule has 106 valence electrons. The molecule has 0 saturated heterocycles. The van der Waals surface area contributed by atoms with Gasteiger partial charge in [0, 0.05) is 12.1 Å². The van der Waals surface area contributed by atoms with Crippen LogP contribution in [-0.2, 0) is 4.79 Å². The minimum atomic E-state index is -0.694. The minimum absolute atomic E-state index is 0.403. The summed E-state index contributed by atoms with van der Waals surface area (Å²) < 4.78 is 0. The molecular formula is C14H28N2O2. The van der Waals surface area contributed by atoms with E-state index in [-0.39, 0.29) is 0 Å². The molecule has 0 aromatic carbocycles. The Morgan fingerprint density at radius 1 is 1.50 bits per heavy atom. The summed E-state index contributed by atoms with van der Waals surface area (Å²) >= 11 is 0. The molecule has 0 aliphatic heterocycles. The van der Waals surface area contributed by atoms with Gasteiger partial charge in [0.05, 0.1) is 0 Å². The second kappa shape index (κ2) is 6.53. The molecule has 1 aliphatic rings. The van der Waals surface area contributed by atoms with Crippen LogP contribution in [0.4, 0.5) is 0 Å². The molecule has 0 aromatic heterocycles. The second-order valence-corrected chi connectivity index (χ2v) is 5.40. The zero-order valence-electron chi connectivity index (χ0n) is 12.2. The van der Waals surface area contributed by atoms with E-state index in [1.54, 1.807) is 0 Å². The van der Waals surface area contributed by atoms with Crippen molar-refractivity contribution in [2.24, 2.45) is 0 Å². The van der Waals surface area contributed by atoms with E-state index in [4.69, 9.17) is 0 Å². The first-order valence-corrected chi connectivity index (χ1v) is 7.24. The third kappa shape index (κ3) is 3.04. The van der Waals surface area contributed by atoms with Crippen LogP contribution in [0.1, 0.15) is 53.4 Å². The second-order valence-electron chi connectivity index (χ2n) is 5.40. The molecule has 1 aliphatic carbocycles. The highest BCUT2D eigenvalue weighted by Crippen LogP contribution is 2.34. The maximum absolute atomic E-state index is 11.5. The molecule has 0 heterocycles. The number of hydrogen-bond donors (Lipinski definition) is 2. The van der Waals surface area contributed by atoms with Gasteiger partial charge in [0.25, 0.3) is 0 Å². The lowest BCUT2D eigenvalue weighted by Gasteiger charge is -2.34. The summed E-state index contributed by atoms with van der Waals surface area (Å²) in [7, 11) is 0. The monoisotopic (exact) mass is 256 g/mol. The van der Waals surface area contributed by atoms with Gasteiger partial charge >= 0.3 is 5.97 Å². The molecule has 18 heavy (non-hydrogen) atoms. The van der Waals surface area contributed by atoms with Crippen molar-refractivity contribution < 1.29 is 9.90 Å². The highest BCUT2D eigenvalue weighted by molar-refractivity contribution is 5.79. The van der Waals surface area contributed by atoms with Crippen LogP contribution in [0.15, 0.2) is 0 Å². The molecule has 2 N–H and O–H groups in total. The SMILES string of the molecule is CCNC1(C(=O)O)CCC(N(CC)C(C)CC)C1.